The summed E-state index contributed by atoms with van der Waals surface area (Å²) in [6.07, 6.45) is 0. The largest absolute Gasteiger partial charge is 0.323 e. The molecule has 0 aliphatic carbocycles. The van der Waals surface area contributed by atoms with Gasteiger partial charge in [0, 0.05) is 11.3 Å². The highest BCUT2D eigenvalue weighted by atomic mass is 16.2. The quantitative estimate of drug-likeness (QED) is 0.723. The Morgan fingerprint density at radius 2 is 1.50 bits per heavy atom. The van der Waals surface area contributed by atoms with E-state index < -0.39 is 6.03 Å². The molecule has 26 heavy (non-hydrogen) atoms. The number of carbonyl (C=O) groups excluding carboxylic acids is 1. The zero-order valence-electron chi connectivity index (χ0n) is 13.7. The van der Waals surface area contributed by atoms with Gasteiger partial charge in [0.2, 0.25) is 0 Å². The Hall–Kier alpha value is -4.09. The van der Waals surface area contributed by atoms with E-state index in [-0.39, 0.29) is 0 Å². The molecule has 0 saturated carbocycles. The number of nitrogens with one attached hydrogen (secondary N) is 2. The predicted octanol–water partition coefficient (Wildman–Crippen LogP) is 4.74. The van der Waals surface area contributed by atoms with Gasteiger partial charge in [0.25, 0.3) is 0 Å². The van der Waals surface area contributed by atoms with Crippen molar-refractivity contribution in [2.24, 2.45) is 0 Å². The third-order valence-electron chi connectivity index (χ3n) is 3.75. The van der Waals surface area contributed by atoms with Crippen molar-refractivity contribution >= 4 is 17.4 Å². The van der Waals surface area contributed by atoms with Crippen LogP contribution in [0.2, 0.25) is 0 Å². The van der Waals surface area contributed by atoms with Crippen molar-refractivity contribution in [1.29, 1.82) is 10.5 Å². The highest BCUT2D eigenvalue weighted by Crippen LogP contribution is 2.28. The Balaban J connectivity index is 1.80. The van der Waals surface area contributed by atoms with Crippen molar-refractivity contribution in [3.8, 4) is 23.3 Å². The minimum absolute atomic E-state index is 0.390. The van der Waals surface area contributed by atoms with Crippen molar-refractivity contribution < 1.29 is 4.79 Å². The van der Waals surface area contributed by atoms with Crippen molar-refractivity contribution in [3.05, 3.63) is 83.9 Å². The molecule has 3 aromatic carbocycles. The lowest BCUT2D eigenvalue weighted by Gasteiger charge is -2.12. The minimum Gasteiger partial charge on any atom is -0.308 e. The van der Waals surface area contributed by atoms with E-state index in [1.807, 2.05) is 36.4 Å². The van der Waals surface area contributed by atoms with E-state index >= 15 is 0 Å². The lowest BCUT2D eigenvalue weighted by atomic mass is 10.0. The lowest BCUT2D eigenvalue weighted by molar-refractivity contribution is 0.262. The summed E-state index contributed by atoms with van der Waals surface area (Å²) in [5.41, 5.74) is 3.97. The summed E-state index contributed by atoms with van der Waals surface area (Å²) in [6.45, 7) is 0. The lowest BCUT2D eigenvalue weighted by Crippen LogP contribution is -2.19. The molecule has 3 aromatic rings. The fourth-order valence-corrected chi connectivity index (χ4v) is 2.51. The number of para-hydroxylation sites is 1. The normalized spacial score (nSPS) is 9.62. The highest BCUT2D eigenvalue weighted by molar-refractivity contribution is 6.02. The van der Waals surface area contributed by atoms with E-state index in [2.05, 4.69) is 16.7 Å². The van der Waals surface area contributed by atoms with Crippen molar-refractivity contribution in [3.63, 3.8) is 0 Å². The summed E-state index contributed by atoms with van der Waals surface area (Å²) >= 11 is 0. The standard InChI is InChI=1S/C21H14N4O/c22-13-15-8-10-18(11-9-15)24-21(26)25-20-7-2-1-6-19(20)17-5-3-4-16(12-17)14-23/h1-12H,(H2,24,25,26). The molecule has 0 radical (unpaired) electrons. The van der Waals surface area contributed by atoms with Gasteiger partial charge in [-0.05, 0) is 48.0 Å². The Kier molecular flexibility index (Phi) is 4.93. The van der Waals surface area contributed by atoms with Crippen LogP contribution in [0.4, 0.5) is 16.2 Å². The molecule has 2 amide bonds. The molecule has 0 unspecified atom stereocenters. The van der Waals surface area contributed by atoms with E-state index in [4.69, 9.17) is 10.5 Å². The van der Waals surface area contributed by atoms with Crippen LogP contribution in [0.15, 0.2) is 72.8 Å². The summed E-state index contributed by atoms with van der Waals surface area (Å²) < 4.78 is 0. The summed E-state index contributed by atoms with van der Waals surface area (Å²) in [7, 11) is 0. The maximum absolute atomic E-state index is 12.3. The van der Waals surface area contributed by atoms with Crippen LogP contribution in [0.1, 0.15) is 11.1 Å². The maximum Gasteiger partial charge on any atom is 0.323 e. The number of urea groups is 1. The molecule has 3 rings (SSSR count). The molecule has 0 aliphatic rings. The highest BCUT2D eigenvalue weighted by Gasteiger charge is 2.09. The Morgan fingerprint density at radius 1 is 0.769 bits per heavy atom. The first-order valence-corrected chi connectivity index (χ1v) is 7.87. The van der Waals surface area contributed by atoms with Gasteiger partial charge in [-0.25, -0.2) is 4.79 Å². The average molecular weight is 338 g/mol. The van der Waals surface area contributed by atoms with Gasteiger partial charge in [-0.3, -0.25) is 0 Å². The number of benzene rings is 3. The van der Waals surface area contributed by atoms with E-state index in [9.17, 15) is 4.79 Å². The molecule has 0 saturated heterocycles. The zero-order chi connectivity index (χ0) is 18.4. The molecule has 0 spiro atoms. The topological polar surface area (TPSA) is 88.7 Å². The molecule has 5 nitrogen and oxygen atoms in total. The monoisotopic (exact) mass is 338 g/mol. The molecule has 0 aromatic heterocycles. The number of anilines is 2. The smallest absolute Gasteiger partial charge is 0.308 e. The van der Waals surface area contributed by atoms with Crippen LogP contribution < -0.4 is 10.6 Å². The van der Waals surface area contributed by atoms with Crippen LogP contribution in [0.25, 0.3) is 11.1 Å². The summed E-state index contributed by atoms with van der Waals surface area (Å²) in [5, 5.41) is 23.4. The van der Waals surface area contributed by atoms with Crippen molar-refractivity contribution in [2.45, 2.75) is 0 Å². The summed E-state index contributed by atoms with van der Waals surface area (Å²) in [4.78, 5) is 12.3. The van der Waals surface area contributed by atoms with Gasteiger partial charge in [-0.15, -0.1) is 0 Å². The number of hydrogen-bond donors (Lipinski definition) is 2. The van der Waals surface area contributed by atoms with Crippen LogP contribution in [0.3, 0.4) is 0 Å². The Bertz CT molecular complexity index is 1030. The first kappa shape index (κ1) is 16.8. The van der Waals surface area contributed by atoms with Crippen LogP contribution in [0.5, 0.6) is 0 Å². The second kappa shape index (κ2) is 7.65. The second-order valence-corrected chi connectivity index (χ2v) is 5.51. The van der Waals surface area contributed by atoms with Crippen molar-refractivity contribution in [1.82, 2.24) is 0 Å². The molecule has 0 bridgehead atoms. The molecule has 0 atom stereocenters. The number of hydrogen-bond acceptors (Lipinski definition) is 3. The van der Waals surface area contributed by atoms with E-state index in [1.54, 1.807) is 42.5 Å². The van der Waals surface area contributed by atoms with Gasteiger partial charge < -0.3 is 10.6 Å². The number of carbonyl (C=O) groups is 1. The molecule has 2 N–H and O–H groups in total. The maximum atomic E-state index is 12.3. The number of amides is 2. The number of nitriles is 2. The number of nitrogens with zero attached hydrogens (tertiary/aromatic N) is 2. The molecule has 124 valence electrons. The molecular formula is C21H14N4O. The van der Waals surface area contributed by atoms with Gasteiger partial charge in [0.15, 0.2) is 0 Å². The van der Waals surface area contributed by atoms with Crippen molar-refractivity contribution in [2.75, 3.05) is 10.6 Å². The summed E-state index contributed by atoms with van der Waals surface area (Å²) in [5.74, 6) is 0. The Labute approximate surface area is 151 Å². The van der Waals surface area contributed by atoms with Gasteiger partial charge >= 0.3 is 6.03 Å². The SMILES string of the molecule is N#Cc1ccc(NC(=O)Nc2ccccc2-c2cccc(C#N)c2)cc1. The van der Waals surface area contributed by atoms with Crippen LogP contribution in [0, 0.1) is 22.7 Å². The third-order valence-corrected chi connectivity index (χ3v) is 3.75. The van der Waals surface area contributed by atoms with E-state index in [0.29, 0.717) is 22.5 Å². The fraction of sp³-hybridized carbons (Fsp3) is 0. The summed E-state index contributed by atoms with van der Waals surface area (Å²) in [6, 6.07) is 25.0. The number of rotatable bonds is 3. The molecule has 0 aliphatic heterocycles. The molecule has 5 heteroatoms. The van der Waals surface area contributed by atoms with Gasteiger partial charge in [0.05, 0.1) is 29.0 Å². The molecule has 0 fully saturated rings. The van der Waals surface area contributed by atoms with Gasteiger partial charge in [-0.2, -0.15) is 10.5 Å². The Morgan fingerprint density at radius 3 is 2.23 bits per heavy atom. The minimum atomic E-state index is -0.390. The fourth-order valence-electron chi connectivity index (χ4n) is 2.51. The molecular weight excluding hydrogens is 324 g/mol. The molecule has 0 heterocycles. The van der Waals surface area contributed by atoms with Crippen LogP contribution in [-0.4, -0.2) is 6.03 Å². The van der Waals surface area contributed by atoms with Crippen LogP contribution in [-0.2, 0) is 0 Å². The second-order valence-electron chi connectivity index (χ2n) is 5.51. The first-order chi connectivity index (χ1) is 12.7. The van der Waals surface area contributed by atoms with Gasteiger partial charge in [-0.1, -0.05) is 30.3 Å². The van der Waals surface area contributed by atoms with E-state index in [1.165, 1.54) is 0 Å². The van der Waals surface area contributed by atoms with Crippen LogP contribution >= 0.6 is 0 Å². The van der Waals surface area contributed by atoms with E-state index in [0.717, 1.165) is 11.1 Å². The predicted molar refractivity (Wildman–Crippen MR) is 100 cm³/mol. The van der Waals surface area contributed by atoms with Gasteiger partial charge in [0.1, 0.15) is 0 Å². The third kappa shape index (κ3) is 3.87. The average Bonchev–Trinajstić information content (AvgIpc) is 2.69. The first-order valence-electron chi connectivity index (χ1n) is 7.87. The zero-order valence-corrected chi connectivity index (χ0v) is 13.7.